The molecule has 0 bridgehead atoms. The number of hydrogen-bond acceptors (Lipinski definition) is 3. The minimum absolute atomic E-state index is 0.237. The number of fused-ring (bicyclic) bond motifs is 1. The molecule has 0 saturated carbocycles. The summed E-state index contributed by atoms with van der Waals surface area (Å²) in [6, 6.07) is 9.83. The van der Waals surface area contributed by atoms with E-state index in [-0.39, 0.29) is 4.90 Å². The summed E-state index contributed by atoms with van der Waals surface area (Å²) in [4.78, 5) is 0.237. The zero-order valence-corrected chi connectivity index (χ0v) is 13.9. The fourth-order valence-electron chi connectivity index (χ4n) is 2.40. The third-order valence-electron chi connectivity index (χ3n) is 3.55. The quantitative estimate of drug-likeness (QED) is 0.885. The van der Waals surface area contributed by atoms with Gasteiger partial charge in [0.25, 0.3) is 10.0 Å². The van der Waals surface area contributed by atoms with E-state index in [2.05, 4.69) is 10.0 Å². The van der Waals surface area contributed by atoms with Crippen LogP contribution in [0.4, 0.5) is 5.69 Å². The summed E-state index contributed by atoms with van der Waals surface area (Å²) in [5.41, 5.74) is 2.58. The Labute approximate surface area is 139 Å². The van der Waals surface area contributed by atoms with Crippen molar-refractivity contribution in [1.82, 2.24) is 5.32 Å². The fraction of sp³-hybridized carbons (Fsp3) is 0.200. The van der Waals surface area contributed by atoms with Gasteiger partial charge in [0.05, 0.1) is 20.6 Å². The Morgan fingerprint density at radius 2 is 1.82 bits per heavy atom. The molecule has 0 atom stereocenters. The lowest BCUT2D eigenvalue weighted by Gasteiger charge is -2.18. The molecule has 3 rings (SSSR count). The molecule has 0 spiro atoms. The molecule has 0 radical (unpaired) electrons. The van der Waals surface area contributed by atoms with Crippen molar-refractivity contribution >= 4 is 38.9 Å². The summed E-state index contributed by atoms with van der Waals surface area (Å²) in [5, 5.41) is 3.92. The lowest BCUT2D eigenvalue weighted by atomic mass is 10.0. The van der Waals surface area contributed by atoms with Crippen molar-refractivity contribution < 1.29 is 8.42 Å². The van der Waals surface area contributed by atoms with Crippen LogP contribution in [0.5, 0.6) is 0 Å². The van der Waals surface area contributed by atoms with Crippen LogP contribution in [0.15, 0.2) is 41.3 Å². The summed E-state index contributed by atoms with van der Waals surface area (Å²) < 4.78 is 27.5. The van der Waals surface area contributed by atoms with E-state index in [9.17, 15) is 8.42 Å². The predicted molar refractivity (Wildman–Crippen MR) is 89.1 cm³/mol. The van der Waals surface area contributed by atoms with Crippen LogP contribution < -0.4 is 10.0 Å². The van der Waals surface area contributed by atoms with Gasteiger partial charge in [-0.15, -0.1) is 0 Å². The van der Waals surface area contributed by atoms with Gasteiger partial charge in [-0.3, -0.25) is 4.72 Å². The standard InChI is InChI=1S/C15H14Cl2N2O2S/c16-14-4-2-12(8-15(14)17)19-22(20,21)13-3-1-10-5-6-18-9-11(10)7-13/h1-4,7-8,18-19H,5-6,9H2. The maximum absolute atomic E-state index is 12.5. The minimum Gasteiger partial charge on any atom is -0.312 e. The molecule has 0 aliphatic carbocycles. The number of sulfonamides is 1. The first kappa shape index (κ1) is 15.6. The molecule has 0 aromatic heterocycles. The van der Waals surface area contributed by atoms with Crippen LogP contribution in [0.3, 0.4) is 0 Å². The Balaban J connectivity index is 1.90. The molecule has 0 unspecified atom stereocenters. The molecule has 2 N–H and O–H groups in total. The zero-order valence-electron chi connectivity index (χ0n) is 11.6. The number of nitrogens with one attached hydrogen (secondary N) is 2. The van der Waals surface area contributed by atoms with Gasteiger partial charge in [-0.1, -0.05) is 29.3 Å². The van der Waals surface area contributed by atoms with E-state index in [4.69, 9.17) is 23.2 Å². The number of benzene rings is 2. The molecular formula is C15H14Cl2N2O2S. The second kappa shape index (κ2) is 6.08. The van der Waals surface area contributed by atoms with Gasteiger partial charge in [0.2, 0.25) is 0 Å². The van der Waals surface area contributed by atoms with E-state index >= 15 is 0 Å². The van der Waals surface area contributed by atoms with Crippen LogP contribution >= 0.6 is 23.2 Å². The second-order valence-electron chi connectivity index (χ2n) is 5.09. The van der Waals surface area contributed by atoms with Crippen LogP contribution in [0, 0.1) is 0 Å². The lowest BCUT2D eigenvalue weighted by molar-refractivity contribution is 0.599. The van der Waals surface area contributed by atoms with Gasteiger partial charge >= 0.3 is 0 Å². The predicted octanol–water partition coefficient (Wildman–Crippen LogP) is 3.44. The zero-order chi connectivity index (χ0) is 15.7. The van der Waals surface area contributed by atoms with E-state index in [0.29, 0.717) is 22.3 Å². The van der Waals surface area contributed by atoms with Crippen molar-refractivity contribution in [2.45, 2.75) is 17.9 Å². The largest absolute Gasteiger partial charge is 0.312 e. The molecule has 2 aromatic carbocycles. The van der Waals surface area contributed by atoms with Crippen LogP contribution in [0.2, 0.25) is 10.0 Å². The van der Waals surface area contributed by atoms with Gasteiger partial charge in [0.1, 0.15) is 0 Å². The maximum Gasteiger partial charge on any atom is 0.261 e. The van der Waals surface area contributed by atoms with E-state index < -0.39 is 10.0 Å². The number of halogens is 2. The average molecular weight is 357 g/mol. The Bertz CT molecular complexity index is 822. The van der Waals surface area contributed by atoms with Crippen molar-refractivity contribution in [1.29, 1.82) is 0 Å². The molecule has 22 heavy (non-hydrogen) atoms. The molecular weight excluding hydrogens is 343 g/mol. The van der Waals surface area contributed by atoms with Crippen LogP contribution in [-0.2, 0) is 23.0 Å². The minimum atomic E-state index is -3.66. The first-order valence-corrected chi connectivity index (χ1v) is 9.00. The van der Waals surface area contributed by atoms with Crippen molar-refractivity contribution in [3.63, 3.8) is 0 Å². The molecule has 1 aliphatic heterocycles. The van der Waals surface area contributed by atoms with Crippen molar-refractivity contribution in [2.75, 3.05) is 11.3 Å². The Kier molecular flexibility index (Phi) is 4.32. The summed E-state index contributed by atoms with van der Waals surface area (Å²) in [6.45, 7) is 1.60. The van der Waals surface area contributed by atoms with Gasteiger partial charge in [-0.05, 0) is 54.4 Å². The van der Waals surface area contributed by atoms with Gasteiger partial charge in [0, 0.05) is 6.54 Å². The summed E-state index contributed by atoms with van der Waals surface area (Å²) >= 11 is 11.7. The maximum atomic E-state index is 12.5. The van der Waals surface area contributed by atoms with Crippen molar-refractivity contribution in [3.8, 4) is 0 Å². The third-order valence-corrected chi connectivity index (χ3v) is 5.66. The van der Waals surface area contributed by atoms with Gasteiger partial charge in [-0.2, -0.15) is 0 Å². The smallest absolute Gasteiger partial charge is 0.261 e. The molecule has 2 aromatic rings. The molecule has 1 aliphatic rings. The number of hydrogen-bond donors (Lipinski definition) is 2. The summed E-state index contributed by atoms with van der Waals surface area (Å²) in [7, 11) is -3.66. The molecule has 1 heterocycles. The fourth-order valence-corrected chi connectivity index (χ4v) is 3.80. The van der Waals surface area contributed by atoms with Gasteiger partial charge in [0.15, 0.2) is 0 Å². The molecule has 0 saturated heterocycles. The number of anilines is 1. The van der Waals surface area contributed by atoms with Crippen LogP contribution in [0.25, 0.3) is 0 Å². The number of rotatable bonds is 3. The topological polar surface area (TPSA) is 58.2 Å². The summed E-state index contributed by atoms with van der Waals surface area (Å²) in [5.74, 6) is 0. The summed E-state index contributed by atoms with van der Waals surface area (Å²) in [6.07, 6.45) is 0.913. The van der Waals surface area contributed by atoms with Crippen molar-refractivity contribution in [2.24, 2.45) is 0 Å². The van der Waals surface area contributed by atoms with E-state index in [0.717, 1.165) is 18.5 Å². The van der Waals surface area contributed by atoms with Crippen LogP contribution in [0.1, 0.15) is 11.1 Å². The Hall–Kier alpha value is -1.27. The monoisotopic (exact) mass is 356 g/mol. The lowest BCUT2D eigenvalue weighted by Crippen LogP contribution is -2.24. The highest BCUT2D eigenvalue weighted by atomic mass is 35.5. The van der Waals surface area contributed by atoms with Gasteiger partial charge < -0.3 is 5.32 Å². The molecule has 116 valence electrons. The van der Waals surface area contributed by atoms with E-state index in [1.54, 1.807) is 24.3 Å². The Morgan fingerprint density at radius 3 is 2.59 bits per heavy atom. The third kappa shape index (κ3) is 3.22. The molecule has 4 nitrogen and oxygen atoms in total. The molecule has 0 amide bonds. The SMILES string of the molecule is O=S(=O)(Nc1ccc(Cl)c(Cl)c1)c1ccc2c(c1)CNCC2. The molecule has 7 heteroatoms. The van der Waals surface area contributed by atoms with Crippen molar-refractivity contribution in [3.05, 3.63) is 57.6 Å². The highest BCUT2D eigenvalue weighted by molar-refractivity contribution is 7.92. The second-order valence-corrected chi connectivity index (χ2v) is 7.59. The van der Waals surface area contributed by atoms with E-state index in [1.807, 2.05) is 6.07 Å². The van der Waals surface area contributed by atoms with Gasteiger partial charge in [-0.25, -0.2) is 8.42 Å². The molecule has 0 fully saturated rings. The normalized spacial score (nSPS) is 14.5. The first-order chi connectivity index (χ1) is 10.5. The van der Waals surface area contributed by atoms with E-state index in [1.165, 1.54) is 11.6 Å². The first-order valence-electron chi connectivity index (χ1n) is 6.76. The Morgan fingerprint density at radius 1 is 1.00 bits per heavy atom. The average Bonchev–Trinajstić information content (AvgIpc) is 2.50. The highest BCUT2D eigenvalue weighted by Gasteiger charge is 2.18. The highest BCUT2D eigenvalue weighted by Crippen LogP contribution is 2.27. The van der Waals surface area contributed by atoms with Crippen LogP contribution in [-0.4, -0.2) is 15.0 Å².